The van der Waals surface area contributed by atoms with Crippen LogP contribution in [0.2, 0.25) is 0 Å². The molecule has 1 heterocycles. The number of rotatable bonds is 4. The predicted octanol–water partition coefficient (Wildman–Crippen LogP) is 3.59. The second-order valence-electron chi connectivity index (χ2n) is 5.26. The SMILES string of the molecule is CCc1nc(-c2ccc(OC)c(C)c2)c(N)n1C(C)C. The summed E-state index contributed by atoms with van der Waals surface area (Å²) in [5, 5.41) is 0. The van der Waals surface area contributed by atoms with Crippen molar-refractivity contribution >= 4 is 5.82 Å². The van der Waals surface area contributed by atoms with E-state index in [4.69, 9.17) is 15.5 Å². The molecule has 0 spiro atoms. The van der Waals surface area contributed by atoms with Crippen LogP contribution in [0.3, 0.4) is 0 Å². The molecule has 0 radical (unpaired) electrons. The number of ether oxygens (including phenoxy) is 1. The summed E-state index contributed by atoms with van der Waals surface area (Å²) in [6.45, 7) is 8.38. The number of aryl methyl sites for hydroxylation is 2. The molecule has 4 nitrogen and oxygen atoms in total. The van der Waals surface area contributed by atoms with Crippen LogP contribution >= 0.6 is 0 Å². The van der Waals surface area contributed by atoms with Gasteiger partial charge in [-0.2, -0.15) is 0 Å². The van der Waals surface area contributed by atoms with Crippen molar-refractivity contribution in [3.63, 3.8) is 0 Å². The van der Waals surface area contributed by atoms with Crippen molar-refractivity contribution in [3.05, 3.63) is 29.6 Å². The molecule has 20 heavy (non-hydrogen) atoms. The molecule has 0 fully saturated rings. The Labute approximate surface area is 120 Å². The lowest BCUT2D eigenvalue weighted by Crippen LogP contribution is -2.08. The molecule has 1 aromatic carbocycles. The highest BCUT2D eigenvalue weighted by molar-refractivity contribution is 5.72. The highest BCUT2D eigenvalue weighted by Crippen LogP contribution is 2.31. The van der Waals surface area contributed by atoms with Gasteiger partial charge in [-0.15, -0.1) is 0 Å². The molecule has 108 valence electrons. The highest BCUT2D eigenvalue weighted by atomic mass is 16.5. The highest BCUT2D eigenvalue weighted by Gasteiger charge is 2.17. The van der Waals surface area contributed by atoms with E-state index in [0.717, 1.165) is 40.6 Å². The summed E-state index contributed by atoms with van der Waals surface area (Å²) in [6.07, 6.45) is 0.873. The number of methoxy groups -OCH3 is 1. The minimum Gasteiger partial charge on any atom is -0.496 e. The summed E-state index contributed by atoms with van der Waals surface area (Å²) < 4.78 is 7.40. The lowest BCUT2D eigenvalue weighted by atomic mass is 10.1. The third-order valence-electron chi connectivity index (χ3n) is 3.52. The molecule has 1 aromatic heterocycles. The van der Waals surface area contributed by atoms with E-state index in [-0.39, 0.29) is 0 Å². The standard InChI is InChI=1S/C16H23N3O/c1-6-14-18-15(16(17)19(14)10(2)3)12-7-8-13(20-5)11(4)9-12/h7-10H,6,17H2,1-5H3. The number of anilines is 1. The van der Waals surface area contributed by atoms with E-state index in [1.807, 2.05) is 19.1 Å². The first-order chi connectivity index (χ1) is 9.49. The molecule has 0 aliphatic carbocycles. The maximum absolute atomic E-state index is 6.30. The van der Waals surface area contributed by atoms with E-state index in [2.05, 4.69) is 31.4 Å². The molecule has 0 amide bonds. The Morgan fingerprint density at radius 1 is 1.35 bits per heavy atom. The van der Waals surface area contributed by atoms with E-state index in [9.17, 15) is 0 Å². The Morgan fingerprint density at radius 3 is 2.50 bits per heavy atom. The van der Waals surface area contributed by atoms with Gasteiger partial charge in [-0.05, 0) is 44.5 Å². The molecular weight excluding hydrogens is 250 g/mol. The maximum Gasteiger partial charge on any atom is 0.131 e. The lowest BCUT2D eigenvalue weighted by molar-refractivity contribution is 0.412. The first kappa shape index (κ1) is 14.4. The van der Waals surface area contributed by atoms with Gasteiger partial charge in [0.2, 0.25) is 0 Å². The van der Waals surface area contributed by atoms with E-state index < -0.39 is 0 Å². The zero-order valence-electron chi connectivity index (χ0n) is 12.9. The van der Waals surface area contributed by atoms with E-state index >= 15 is 0 Å². The van der Waals surface area contributed by atoms with Gasteiger partial charge >= 0.3 is 0 Å². The van der Waals surface area contributed by atoms with Gasteiger partial charge in [-0.1, -0.05) is 6.92 Å². The van der Waals surface area contributed by atoms with Gasteiger partial charge in [0.25, 0.3) is 0 Å². The summed E-state index contributed by atoms with van der Waals surface area (Å²) >= 11 is 0. The van der Waals surface area contributed by atoms with Crippen molar-refractivity contribution in [1.82, 2.24) is 9.55 Å². The fraction of sp³-hybridized carbons (Fsp3) is 0.438. The van der Waals surface area contributed by atoms with Crippen LogP contribution in [0.25, 0.3) is 11.3 Å². The molecule has 2 N–H and O–H groups in total. The quantitative estimate of drug-likeness (QED) is 0.926. The van der Waals surface area contributed by atoms with Crippen LogP contribution in [0.4, 0.5) is 5.82 Å². The van der Waals surface area contributed by atoms with Crippen molar-refractivity contribution in [2.45, 2.75) is 40.2 Å². The van der Waals surface area contributed by atoms with Gasteiger partial charge in [0.15, 0.2) is 0 Å². The lowest BCUT2D eigenvalue weighted by Gasteiger charge is -2.12. The maximum atomic E-state index is 6.30. The molecule has 0 saturated heterocycles. The number of aromatic nitrogens is 2. The van der Waals surface area contributed by atoms with Crippen LogP contribution in [-0.2, 0) is 6.42 Å². The van der Waals surface area contributed by atoms with Crippen LogP contribution in [0.5, 0.6) is 5.75 Å². The molecule has 4 heteroatoms. The minimum absolute atomic E-state index is 0.311. The van der Waals surface area contributed by atoms with Crippen LogP contribution < -0.4 is 10.5 Å². The Balaban J connectivity index is 2.56. The van der Waals surface area contributed by atoms with Gasteiger partial charge in [0.1, 0.15) is 23.1 Å². The zero-order chi connectivity index (χ0) is 14.9. The molecule has 0 unspecified atom stereocenters. The fourth-order valence-electron chi connectivity index (χ4n) is 2.56. The molecule has 0 bridgehead atoms. The minimum atomic E-state index is 0.311. The fourth-order valence-corrected chi connectivity index (χ4v) is 2.56. The van der Waals surface area contributed by atoms with E-state index in [0.29, 0.717) is 6.04 Å². The smallest absolute Gasteiger partial charge is 0.131 e. The Bertz CT molecular complexity index is 614. The van der Waals surface area contributed by atoms with Crippen LogP contribution in [-0.4, -0.2) is 16.7 Å². The normalized spacial score (nSPS) is 11.1. The van der Waals surface area contributed by atoms with Gasteiger partial charge in [-0.3, -0.25) is 0 Å². The van der Waals surface area contributed by atoms with Crippen LogP contribution in [0.1, 0.15) is 38.2 Å². The Morgan fingerprint density at radius 2 is 2.05 bits per heavy atom. The van der Waals surface area contributed by atoms with Gasteiger partial charge in [-0.25, -0.2) is 4.98 Å². The molecular formula is C16H23N3O. The summed E-state index contributed by atoms with van der Waals surface area (Å²) in [4.78, 5) is 4.71. The van der Waals surface area contributed by atoms with Crippen molar-refractivity contribution in [1.29, 1.82) is 0 Å². The van der Waals surface area contributed by atoms with Crippen molar-refractivity contribution in [3.8, 4) is 17.0 Å². The monoisotopic (exact) mass is 273 g/mol. The number of hydrogen-bond acceptors (Lipinski definition) is 3. The van der Waals surface area contributed by atoms with Crippen LogP contribution in [0, 0.1) is 6.92 Å². The largest absolute Gasteiger partial charge is 0.496 e. The Hall–Kier alpha value is -1.97. The average molecular weight is 273 g/mol. The third-order valence-corrected chi connectivity index (χ3v) is 3.52. The van der Waals surface area contributed by atoms with Gasteiger partial charge in [0, 0.05) is 18.0 Å². The van der Waals surface area contributed by atoms with Crippen molar-refractivity contribution in [2.24, 2.45) is 0 Å². The average Bonchev–Trinajstić information content (AvgIpc) is 2.75. The third kappa shape index (κ3) is 2.38. The molecule has 2 rings (SSSR count). The van der Waals surface area contributed by atoms with Crippen LogP contribution in [0.15, 0.2) is 18.2 Å². The predicted molar refractivity (Wildman–Crippen MR) is 83.1 cm³/mol. The van der Waals surface area contributed by atoms with Gasteiger partial charge in [0.05, 0.1) is 7.11 Å². The zero-order valence-corrected chi connectivity index (χ0v) is 12.9. The molecule has 0 aliphatic heterocycles. The second-order valence-corrected chi connectivity index (χ2v) is 5.26. The first-order valence-electron chi connectivity index (χ1n) is 7.01. The second kappa shape index (κ2) is 5.57. The summed E-state index contributed by atoms with van der Waals surface area (Å²) in [6, 6.07) is 6.35. The topological polar surface area (TPSA) is 53.1 Å². The first-order valence-corrected chi connectivity index (χ1v) is 7.01. The number of nitrogens with zero attached hydrogens (tertiary/aromatic N) is 2. The molecule has 0 atom stereocenters. The summed E-state index contributed by atoms with van der Waals surface area (Å²) in [7, 11) is 1.68. The van der Waals surface area contributed by atoms with Gasteiger partial charge < -0.3 is 15.0 Å². The number of benzene rings is 1. The number of nitrogens with two attached hydrogens (primary N) is 1. The molecule has 0 saturated carbocycles. The number of imidazole rings is 1. The Kier molecular flexibility index (Phi) is 4.02. The summed E-state index contributed by atoms with van der Waals surface area (Å²) in [5.74, 6) is 2.65. The number of nitrogen functional groups attached to an aromatic ring is 1. The van der Waals surface area contributed by atoms with E-state index in [1.165, 1.54) is 0 Å². The van der Waals surface area contributed by atoms with Crippen molar-refractivity contribution < 1.29 is 4.74 Å². The van der Waals surface area contributed by atoms with E-state index in [1.54, 1.807) is 7.11 Å². The molecule has 2 aromatic rings. The van der Waals surface area contributed by atoms with Crippen molar-refractivity contribution in [2.75, 3.05) is 12.8 Å². The number of hydrogen-bond donors (Lipinski definition) is 1. The molecule has 0 aliphatic rings. The summed E-state index contributed by atoms with van der Waals surface area (Å²) in [5.41, 5.74) is 9.29.